The van der Waals surface area contributed by atoms with Crippen molar-refractivity contribution in [3.05, 3.63) is 29.5 Å². The molecule has 2 aliphatic heterocycles. The number of phenolic OH excluding ortho intramolecular Hbond substituents is 1. The number of benzene rings is 1. The smallest absolute Gasteiger partial charge is 0.416 e. The lowest BCUT2D eigenvalue weighted by molar-refractivity contribution is -0.137. The van der Waals surface area contributed by atoms with Crippen molar-refractivity contribution in [1.29, 1.82) is 0 Å². The van der Waals surface area contributed by atoms with Crippen LogP contribution in [0.2, 0.25) is 0 Å². The molecule has 0 unspecified atom stereocenters. The number of alkyl halides is 3. The molecular formula is C19H22F3N5O. The molecule has 0 bridgehead atoms. The predicted octanol–water partition coefficient (Wildman–Crippen LogP) is 3.61. The summed E-state index contributed by atoms with van der Waals surface area (Å²) in [5.74, 6) is -0.0880. The van der Waals surface area contributed by atoms with Gasteiger partial charge in [-0.25, -0.2) is 4.98 Å². The molecule has 6 nitrogen and oxygen atoms in total. The monoisotopic (exact) mass is 393 g/mol. The Bertz CT molecular complexity index is 873. The van der Waals surface area contributed by atoms with Gasteiger partial charge in [0.25, 0.3) is 0 Å². The van der Waals surface area contributed by atoms with Crippen molar-refractivity contribution in [3.63, 3.8) is 0 Å². The lowest BCUT2D eigenvalue weighted by Gasteiger charge is -2.36. The molecule has 0 radical (unpaired) electrons. The van der Waals surface area contributed by atoms with E-state index in [-0.39, 0.29) is 17.3 Å². The first kappa shape index (κ1) is 18.9. The van der Waals surface area contributed by atoms with Gasteiger partial charge in [0.15, 0.2) is 0 Å². The molecule has 2 aromatic rings. The highest BCUT2D eigenvalue weighted by molar-refractivity contribution is 5.69. The number of phenols is 1. The number of hydrogen-bond acceptors (Lipinski definition) is 6. The first-order chi connectivity index (χ1) is 13.3. The highest BCUT2D eigenvalue weighted by Crippen LogP contribution is 2.36. The summed E-state index contributed by atoms with van der Waals surface area (Å²) in [6.45, 7) is 3.97. The maximum absolute atomic E-state index is 12.8. The molecule has 1 aromatic heterocycles. The maximum atomic E-state index is 12.8. The molecule has 0 spiro atoms. The molecule has 0 amide bonds. The van der Waals surface area contributed by atoms with Gasteiger partial charge in [-0.2, -0.15) is 13.2 Å². The number of halogens is 3. The van der Waals surface area contributed by atoms with E-state index in [2.05, 4.69) is 25.4 Å². The van der Waals surface area contributed by atoms with Crippen LogP contribution >= 0.6 is 0 Å². The van der Waals surface area contributed by atoms with E-state index < -0.39 is 17.5 Å². The molecule has 4 rings (SSSR count). The molecular weight excluding hydrogens is 371 g/mol. The maximum Gasteiger partial charge on any atom is 0.416 e. The van der Waals surface area contributed by atoms with Crippen molar-refractivity contribution in [3.8, 4) is 17.0 Å². The van der Waals surface area contributed by atoms with Gasteiger partial charge < -0.3 is 10.4 Å². The Labute approximate surface area is 160 Å². The minimum absolute atomic E-state index is 0.177. The average molecular weight is 393 g/mol. The Morgan fingerprint density at radius 1 is 1.14 bits per heavy atom. The van der Waals surface area contributed by atoms with Gasteiger partial charge in [0, 0.05) is 17.6 Å². The molecule has 0 saturated carbocycles. The van der Waals surface area contributed by atoms with Crippen molar-refractivity contribution in [2.75, 3.05) is 18.4 Å². The number of anilines is 1. The molecule has 2 atom stereocenters. The highest BCUT2D eigenvalue weighted by atomic mass is 19.4. The van der Waals surface area contributed by atoms with Gasteiger partial charge >= 0.3 is 6.18 Å². The summed E-state index contributed by atoms with van der Waals surface area (Å²) in [6, 6.07) is 3.55. The lowest BCUT2D eigenvalue weighted by Crippen LogP contribution is -2.47. The molecule has 2 fully saturated rings. The molecule has 0 aliphatic carbocycles. The molecule has 28 heavy (non-hydrogen) atoms. The van der Waals surface area contributed by atoms with E-state index in [4.69, 9.17) is 0 Å². The van der Waals surface area contributed by atoms with E-state index >= 15 is 0 Å². The number of piperidine rings is 1. The van der Waals surface area contributed by atoms with Gasteiger partial charge in [-0.05, 0) is 63.9 Å². The van der Waals surface area contributed by atoms with Crippen LogP contribution in [0.15, 0.2) is 18.2 Å². The van der Waals surface area contributed by atoms with Crippen LogP contribution in [0.1, 0.15) is 36.9 Å². The zero-order valence-corrected chi connectivity index (χ0v) is 15.5. The zero-order valence-electron chi connectivity index (χ0n) is 15.5. The third-order valence-corrected chi connectivity index (χ3v) is 5.59. The fourth-order valence-electron chi connectivity index (χ4n) is 4.25. The summed E-state index contributed by atoms with van der Waals surface area (Å²) in [5, 5.41) is 21.7. The van der Waals surface area contributed by atoms with Gasteiger partial charge in [0.05, 0.1) is 11.3 Å². The lowest BCUT2D eigenvalue weighted by atomic mass is 9.96. The van der Waals surface area contributed by atoms with E-state index in [1.54, 1.807) is 6.92 Å². The quantitative estimate of drug-likeness (QED) is 0.830. The Morgan fingerprint density at radius 2 is 1.89 bits per heavy atom. The molecule has 3 heterocycles. The van der Waals surface area contributed by atoms with Crippen LogP contribution in [0.25, 0.3) is 11.3 Å². The van der Waals surface area contributed by atoms with Crippen LogP contribution in [-0.4, -0.2) is 50.4 Å². The Morgan fingerprint density at radius 3 is 2.57 bits per heavy atom. The topological polar surface area (TPSA) is 74.2 Å². The number of aromatic nitrogens is 3. The Balaban J connectivity index is 1.55. The second kappa shape index (κ2) is 7.20. The summed E-state index contributed by atoms with van der Waals surface area (Å²) in [7, 11) is 0. The standard InChI is InChI=1S/C19H22F3N5O/c1-11-17(13-7-6-12(10-16(13)28)19(20,21)22)25-26-18(23-11)24-14-4-2-8-27-9-3-5-15(14)27/h6-7,10,14-15,28H,2-5,8-9H2,1H3,(H,23,24,26)/t14-,15-/m0/s1. The number of nitrogens with one attached hydrogen (secondary N) is 1. The van der Waals surface area contributed by atoms with Crippen LogP contribution in [-0.2, 0) is 6.18 Å². The van der Waals surface area contributed by atoms with Crippen LogP contribution in [0.4, 0.5) is 19.1 Å². The van der Waals surface area contributed by atoms with E-state index in [0.717, 1.165) is 38.4 Å². The summed E-state index contributed by atoms with van der Waals surface area (Å²) < 4.78 is 38.4. The van der Waals surface area contributed by atoms with Crippen LogP contribution in [0, 0.1) is 6.92 Å². The van der Waals surface area contributed by atoms with E-state index in [1.165, 1.54) is 12.5 Å². The van der Waals surface area contributed by atoms with Crippen molar-refractivity contribution in [1.82, 2.24) is 20.1 Å². The van der Waals surface area contributed by atoms with E-state index in [9.17, 15) is 18.3 Å². The number of rotatable bonds is 3. The fourth-order valence-corrected chi connectivity index (χ4v) is 4.25. The van der Waals surface area contributed by atoms with Gasteiger partial charge in [-0.1, -0.05) is 0 Å². The van der Waals surface area contributed by atoms with Crippen molar-refractivity contribution in [2.45, 2.75) is 50.9 Å². The van der Waals surface area contributed by atoms with Gasteiger partial charge in [-0.3, -0.25) is 4.90 Å². The molecule has 1 aromatic carbocycles. The molecule has 2 aliphatic rings. The summed E-state index contributed by atoms with van der Waals surface area (Å²) in [5.41, 5.74) is 0.0234. The third kappa shape index (κ3) is 3.63. The summed E-state index contributed by atoms with van der Waals surface area (Å²) >= 11 is 0. The predicted molar refractivity (Wildman–Crippen MR) is 97.9 cm³/mol. The van der Waals surface area contributed by atoms with Crippen molar-refractivity contribution < 1.29 is 18.3 Å². The SMILES string of the molecule is Cc1nc(N[C@H]2CCCN3CCC[C@@H]23)nnc1-c1ccc(C(F)(F)F)cc1O. The largest absolute Gasteiger partial charge is 0.507 e. The first-order valence-electron chi connectivity index (χ1n) is 9.45. The minimum Gasteiger partial charge on any atom is -0.507 e. The fraction of sp³-hybridized carbons (Fsp3) is 0.526. The second-order valence-corrected chi connectivity index (χ2v) is 7.44. The molecule has 9 heteroatoms. The van der Waals surface area contributed by atoms with Gasteiger partial charge in [0.2, 0.25) is 5.95 Å². The first-order valence-corrected chi connectivity index (χ1v) is 9.45. The molecule has 2 saturated heterocycles. The Kier molecular flexibility index (Phi) is 4.86. The number of aryl methyl sites for hydroxylation is 1. The normalized spacial score (nSPS) is 22.9. The second-order valence-electron chi connectivity index (χ2n) is 7.44. The van der Waals surface area contributed by atoms with Crippen LogP contribution in [0.5, 0.6) is 5.75 Å². The summed E-state index contributed by atoms with van der Waals surface area (Å²) in [6.07, 6.45) is 0.00862. The van der Waals surface area contributed by atoms with E-state index in [1.807, 2.05) is 0 Å². The molecule has 2 N–H and O–H groups in total. The van der Waals surface area contributed by atoms with E-state index in [0.29, 0.717) is 23.8 Å². The zero-order chi connectivity index (χ0) is 19.9. The van der Waals surface area contributed by atoms with Crippen molar-refractivity contribution in [2.24, 2.45) is 0 Å². The number of hydrogen-bond donors (Lipinski definition) is 2. The number of nitrogens with zero attached hydrogens (tertiary/aromatic N) is 4. The number of fused-ring (bicyclic) bond motifs is 1. The number of aromatic hydroxyl groups is 1. The van der Waals surface area contributed by atoms with Crippen molar-refractivity contribution >= 4 is 5.95 Å². The van der Waals surface area contributed by atoms with Crippen LogP contribution in [0.3, 0.4) is 0 Å². The van der Waals surface area contributed by atoms with Crippen LogP contribution < -0.4 is 5.32 Å². The van der Waals surface area contributed by atoms with Gasteiger partial charge in [-0.15, -0.1) is 10.2 Å². The highest BCUT2D eigenvalue weighted by Gasteiger charge is 2.35. The molecule has 150 valence electrons. The minimum atomic E-state index is -4.52. The van der Waals surface area contributed by atoms with Gasteiger partial charge in [0.1, 0.15) is 11.4 Å². The Hall–Kier alpha value is -2.42. The third-order valence-electron chi connectivity index (χ3n) is 5.59. The average Bonchev–Trinajstić information content (AvgIpc) is 3.11. The summed E-state index contributed by atoms with van der Waals surface area (Å²) in [4.78, 5) is 6.93.